The van der Waals surface area contributed by atoms with Crippen molar-refractivity contribution in [2.45, 2.75) is 13.5 Å². The molecule has 6 aromatic rings. The Balaban J connectivity index is 1.44. The molecule has 0 saturated heterocycles. The first-order valence-electron chi connectivity index (χ1n) is 10.7. The number of rotatable bonds is 6. The van der Waals surface area contributed by atoms with Crippen molar-refractivity contribution in [1.29, 1.82) is 0 Å². The van der Waals surface area contributed by atoms with Gasteiger partial charge in [-0.3, -0.25) is 20.1 Å². The van der Waals surface area contributed by atoms with Gasteiger partial charge in [0.2, 0.25) is 0 Å². The van der Waals surface area contributed by atoms with Crippen molar-refractivity contribution >= 4 is 33.3 Å². The molecule has 0 unspecified atom stereocenters. The predicted molar refractivity (Wildman–Crippen MR) is 131 cm³/mol. The summed E-state index contributed by atoms with van der Waals surface area (Å²) in [7, 11) is 0. The number of nitrogens with zero attached hydrogens (tertiary/aromatic N) is 5. The number of aromatic nitrogens is 7. The fraction of sp³-hybridized carbons (Fsp3) is 0.125. The van der Waals surface area contributed by atoms with E-state index in [2.05, 4.69) is 59.9 Å². The summed E-state index contributed by atoms with van der Waals surface area (Å²) in [5.41, 5.74) is 7.29. The molecule has 0 amide bonds. The summed E-state index contributed by atoms with van der Waals surface area (Å²) in [5.74, 6) is 0.693. The molecule has 0 bridgehead atoms. The van der Waals surface area contributed by atoms with E-state index >= 15 is 0 Å². The van der Waals surface area contributed by atoms with Crippen molar-refractivity contribution in [3.8, 4) is 33.2 Å². The van der Waals surface area contributed by atoms with E-state index in [1.807, 2.05) is 30.7 Å². The van der Waals surface area contributed by atoms with Crippen LogP contribution in [0.1, 0.15) is 12.5 Å². The highest BCUT2D eigenvalue weighted by atomic mass is 32.1. The fourth-order valence-electron chi connectivity index (χ4n) is 3.91. The lowest BCUT2D eigenvalue weighted by Crippen LogP contribution is -2.11. The van der Waals surface area contributed by atoms with Gasteiger partial charge in [0.1, 0.15) is 11.2 Å². The third kappa shape index (κ3) is 3.57. The van der Waals surface area contributed by atoms with Crippen molar-refractivity contribution in [2.75, 3.05) is 6.54 Å². The molecule has 6 rings (SSSR count). The van der Waals surface area contributed by atoms with Crippen molar-refractivity contribution in [3.05, 3.63) is 66.2 Å². The molecule has 0 saturated carbocycles. The van der Waals surface area contributed by atoms with Crippen LogP contribution in [0.4, 0.5) is 0 Å². The molecule has 0 aliphatic rings. The summed E-state index contributed by atoms with van der Waals surface area (Å²) in [5, 5.41) is 14.0. The molecule has 0 fully saturated rings. The van der Waals surface area contributed by atoms with Gasteiger partial charge < -0.3 is 10.3 Å². The standard InChI is InChI=1S/C24H20N8S/c1-2-25-8-14-6-15(10-26-9-14)18-7-16-19(13-28-18)31-32-23(16)24-29-20-12-27-11-17(22(20)30-24)21-4-3-5-33-21/h3-7,9-13,25H,2,8H2,1H3,(H,29,30)(H,31,32). The Hall–Kier alpha value is -3.95. The molecule has 0 aromatic carbocycles. The smallest absolute Gasteiger partial charge is 0.159 e. The minimum Gasteiger partial charge on any atom is -0.335 e. The van der Waals surface area contributed by atoms with E-state index in [1.165, 1.54) is 0 Å². The second-order valence-electron chi connectivity index (χ2n) is 7.70. The quantitative estimate of drug-likeness (QED) is 0.335. The van der Waals surface area contributed by atoms with E-state index in [1.54, 1.807) is 23.7 Å². The summed E-state index contributed by atoms with van der Waals surface area (Å²) in [6.45, 7) is 3.77. The number of H-pyrrole nitrogens is 2. The van der Waals surface area contributed by atoms with Crippen LogP contribution in [0.15, 0.2) is 60.6 Å². The number of aromatic amines is 2. The van der Waals surface area contributed by atoms with Crippen molar-refractivity contribution in [3.63, 3.8) is 0 Å². The molecular formula is C24H20N8S. The first kappa shape index (κ1) is 19.7. The maximum absolute atomic E-state index is 4.90. The van der Waals surface area contributed by atoms with Gasteiger partial charge >= 0.3 is 0 Å². The number of imidazole rings is 1. The van der Waals surface area contributed by atoms with Crippen molar-refractivity contribution in [1.82, 2.24) is 40.4 Å². The Morgan fingerprint density at radius 2 is 1.97 bits per heavy atom. The molecule has 0 aliphatic carbocycles. The summed E-state index contributed by atoms with van der Waals surface area (Å²) in [4.78, 5) is 22.8. The zero-order valence-electron chi connectivity index (χ0n) is 17.8. The number of pyridine rings is 3. The molecule has 0 aliphatic heterocycles. The summed E-state index contributed by atoms with van der Waals surface area (Å²) < 4.78 is 0. The van der Waals surface area contributed by atoms with Crippen LogP contribution >= 0.6 is 11.3 Å². The van der Waals surface area contributed by atoms with Crippen LogP contribution in [-0.4, -0.2) is 41.7 Å². The number of thiophene rings is 1. The van der Waals surface area contributed by atoms with E-state index in [-0.39, 0.29) is 0 Å². The van der Waals surface area contributed by atoms with Crippen LogP contribution < -0.4 is 5.32 Å². The van der Waals surface area contributed by atoms with Gasteiger partial charge in [-0.2, -0.15) is 5.10 Å². The van der Waals surface area contributed by atoms with Gasteiger partial charge in [0, 0.05) is 46.5 Å². The minimum atomic E-state index is 0.693. The van der Waals surface area contributed by atoms with Gasteiger partial charge in [0.15, 0.2) is 5.82 Å². The Labute approximate surface area is 193 Å². The Bertz CT molecular complexity index is 1560. The van der Waals surface area contributed by atoms with Gasteiger partial charge in [-0.1, -0.05) is 13.0 Å². The van der Waals surface area contributed by atoms with Crippen LogP contribution in [0.3, 0.4) is 0 Å². The highest BCUT2D eigenvalue weighted by Crippen LogP contribution is 2.33. The predicted octanol–water partition coefficient (Wildman–Crippen LogP) is 4.80. The molecular weight excluding hydrogens is 432 g/mol. The summed E-state index contributed by atoms with van der Waals surface area (Å²) in [6, 6.07) is 8.26. The monoisotopic (exact) mass is 452 g/mol. The highest BCUT2D eigenvalue weighted by molar-refractivity contribution is 7.13. The second-order valence-corrected chi connectivity index (χ2v) is 8.64. The number of nitrogens with one attached hydrogen (secondary N) is 3. The molecule has 33 heavy (non-hydrogen) atoms. The van der Waals surface area contributed by atoms with E-state index in [0.29, 0.717) is 5.82 Å². The summed E-state index contributed by atoms with van der Waals surface area (Å²) >= 11 is 1.67. The van der Waals surface area contributed by atoms with Gasteiger partial charge in [-0.05, 0) is 35.7 Å². The van der Waals surface area contributed by atoms with E-state index in [4.69, 9.17) is 4.98 Å². The Kier molecular flexibility index (Phi) is 4.89. The number of hydrogen-bond donors (Lipinski definition) is 3. The lowest BCUT2D eigenvalue weighted by atomic mass is 10.1. The average Bonchev–Trinajstić information content (AvgIpc) is 3.61. The van der Waals surface area contributed by atoms with Crippen molar-refractivity contribution in [2.24, 2.45) is 0 Å². The lowest BCUT2D eigenvalue weighted by Gasteiger charge is -2.05. The van der Waals surface area contributed by atoms with Gasteiger partial charge in [0.05, 0.1) is 29.1 Å². The molecule has 162 valence electrons. The molecule has 9 heteroatoms. The van der Waals surface area contributed by atoms with Gasteiger partial charge in [0.25, 0.3) is 0 Å². The summed E-state index contributed by atoms with van der Waals surface area (Å²) in [6.07, 6.45) is 9.17. The van der Waals surface area contributed by atoms with E-state index in [0.717, 1.165) is 68.0 Å². The number of fused-ring (bicyclic) bond motifs is 2. The molecule has 0 spiro atoms. The highest BCUT2D eigenvalue weighted by Gasteiger charge is 2.17. The lowest BCUT2D eigenvalue weighted by molar-refractivity contribution is 0.724. The fourth-order valence-corrected chi connectivity index (χ4v) is 4.64. The van der Waals surface area contributed by atoms with E-state index < -0.39 is 0 Å². The van der Waals surface area contributed by atoms with Gasteiger partial charge in [-0.25, -0.2) is 4.98 Å². The molecule has 8 nitrogen and oxygen atoms in total. The largest absolute Gasteiger partial charge is 0.335 e. The normalized spacial score (nSPS) is 11.5. The van der Waals surface area contributed by atoms with Crippen LogP contribution in [0.25, 0.3) is 55.2 Å². The third-order valence-corrected chi connectivity index (χ3v) is 6.43. The zero-order chi connectivity index (χ0) is 22.2. The van der Waals surface area contributed by atoms with Gasteiger partial charge in [-0.15, -0.1) is 11.3 Å². The molecule has 0 radical (unpaired) electrons. The maximum Gasteiger partial charge on any atom is 0.159 e. The topological polar surface area (TPSA) is 108 Å². The van der Waals surface area contributed by atoms with Crippen LogP contribution in [0, 0.1) is 0 Å². The van der Waals surface area contributed by atoms with Crippen LogP contribution in [-0.2, 0) is 6.54 Å². The van der Waals surface area contributed by atoms with Crippen LogP contribution in [0.5, 0.6) is 0 Å². The van der Waals surface area contributed by atoms with E-state index in [9.17, 15) is 0 Å². The SMILES string of the molecule is CCNCc1cncc(-c2cc3c(-c4nc5c(-c6cccs6)cncc5[nH]4)n[nH]c3cn2)c1. The maximum atomic E-state index is 4.90. The van der Waals surface area contributed by atoms with Crippen LogP contribution in [0.2, 0.25) is 0 Å². The Morgan fingerprint density at radius 3 is 2.85 bits per heavy atom. The first-order valence-corrected chi connectivity index (χ1v) is 11.5. The molecule has 0 atom stereocenters. The molecule has 6 heterocycles. The minimum absolute atomic E-state index is 0.693. The van der Waals surface area contributed by atoms with Crippen molar-refractivity contribution < 1.29 is 0 Å². The Morgan fingerprint density at radius 1 is 1.03 bits per heavy atom. The second kappa shape index (κ2) is 8.19. The first-order chi connectivity index (χ1) is 16.3. The third-order valence-electron chi connectivity index (χ3n) is 5.52. The molecule has 3 N–H and O–H groups in total. The number of hydrogen-bond acceptors (Lipinski definition) is 7. The average molecular weight is 453 g/mol. The molecule has 6 aromatic heterocycles. The zero-order valence-corrected chi connectivity index (χ0v) is 18.6.